The first kappa shape index (κ1) is 13.3. The molecule has 19 heavy (non-hydrogen) atoms. The second-order valence-corrected chi connectivity index (χ2v) is 4.57. The van der Waals surface area contributed by atoms with E-state index >= 15 is 0 Å². The SMILES string of the molecule is CCCCCNC(=O)c1cnc(N)c2ccccc12. The van der Waals surface area contributed by atoms with Crippen LogP contribution in [-0.2, 0) is 0 Å². The molecule has 0 saturated carbocycles. The summed E-state index contributed by atoms with van der Waals surface area (Å²) in [7, 11) is 0. The standard InChI is InChI=1S/C15H19N3O/c1-2-3-6-9-17-15(19)13-10-18-14(16)12-8-5-4-7-11(12)13/h4-5,7-8,10H,2-3,6,9H2,1H3,(H2,16,18)(H,17,19). The number of hydrogen-bond acceptors (Lipinski definition) is 3. The number of nitrogens with two attached hydrogens (primary N) is 1. The molecule has 0 unspecified atom stereocenters. The maximum absolute atomic E-state index is 12.1. The van der Waals surface area contributed by atoms with E-state index in [1.54, 1.807) is 6.20 Å². The van der Waals surface area contributed by atoms with Crippen molar-refractivity contribution in [3.8, 4) is 0 Å². The summed E-state index contributed by atoms with van der Waals surface area (Å²) < 4.78 is 0. The summed E-state index contributed by atoms with van der Waals surface area (Å²) in [5.74, 6) is 0.373. The van der Waals surface area contributed by atoms with E-state index < -0.39 is 0 Å². The number of anilines is 1. The predicted molar refractivity (Wildman–Crippen MR) is 78.0 cm³/mol. The molecule has 0 saturated heterocycles. The number of hydrogen-bond donors (Lipinski definition) is 2. The van der Waals surface area contributed by atoms with Crippen LogP contribution in [0, 0.1) is 0 Å². The monoisotopic (exact) mass is 257 g/mol. The third-order valence-electron chi connectivity index (χ3n) is 3.14. The highest BCUT2D eigenvalue weighted by molar-refractivity contribution is 6.08. The minimum atomic E-state index is -0.0835. The number of unbranched alkanes of at least 4 members (excludes halogenated alkanes) is 2. The third kappa shape index (κ3) is 3.02. The quantitative estimate of drug-likeness (QED) is 0.809. The van der Waals surface area contributed by atoms with Crippen molar-refractivity contribution < 1.29 is 4.79 Å². The van der Waals surface area contributed by atoms with Gasteiger partial charge < -0.3 is 11.1 Å². The number of carbonyl (C=O) groups is 1. The normalized spacial score (nSPS) is 10.6. The van der Waals surface area contributed by atoms with E-state index in [1.165, 1.54) is 0 Å². The molecular formula is C15H19N3O. The van der Waals surface area contributed by atoms with E-state index in [1.807, 2.05) is 24.3 Å². The minimum absolute atomic E-state index is 0.0835. The van der Waals surface area contributed by atoms with Crippen molar-refractivity contribution in [2.45, 2.75) is 26.2 Å². The Kier molecular flexibility index (Phi) is 4.34. The molecule has 0 radical (unpaired) electrons. The summed E-state index contributed by atoms with van der Waals surface area (Å²) in [5.41, 5.74) is 6.41. The molecule has 0 atom stereocenters. The predicted octanol–water partition coefficient (Wildman–Crippen LogP) is 2.74. The molecule has 0 spiro atoms. The topological polar surface area (TPSA) is 68.0 Å². The molecule has 3 N–H and O–H groups in total. The Morgan fingerprint density at radius 1 is 1.26 bits per heavy atom. The lowest BCUT2D eigenvalue weighted by molar-refractivity contribution is 0.0954. The molecule has 0 aliphatic heterocycles. The second-order valence-electron chi connectivity index (χ2n) is 4.57. The zero-order chi connectivity index (χ0) is 13.7. The summed E-state index contributed by atoms with van der Waals surface area (Å²) >= 11 is 0. The van der Waals surface area contributed by atoms with E-state index in [0.717, 1.165) is 30.0 Å². The summed E-state index contributed by atoms with van der Waals surface area (Å²) in [6.07, 6.45) is 4.82. The average molecular weight is 257 g/mol. The van der Waals surface area contributed by atoms with Crippen LogP contribution in [0.25, 0.3) is 10.8 Å². The highest BCUT2D eigenvalue weighted by atomic mass is 16.1. The Labute approximate surface area is 113 Å². The maximum Gasteiger partial charge on any atom is 0.253 e. The number of nitrogens with zero attached hydrogens (tertiary/aromatic N) is 1. The van der Waals surface area contributed by atoms with Gasteiger partial charge in [-0.1, -0.05) is 44.0 Å². The van der Waals surface area contributed by atoms with Crippen molar-refractivity contribution >= 4 is 22.5 Å². The molecule has 100 valence electrons. The number of nitrogen functional groups attached to an aromatic ring is 1. The van der Waals surface area contributed by atoms with E-state index in [2.05, 4.69) is 17.2 Å². The summed E-state index contributed by atoms with van der Waals surface area (Å²) in [6.45, 7) is 2.84. The summed E-state index contributed by atoms with van der Waals surface area (Å²) in [5, 5.41) is 4.60. The van der Waals surface area contributed by atoms with Gasteiger partial charge in [-0.15, -0.1) is 0 Å². The van der Waals surface area contributed by atoms with Crippen molar-refractivity contribution in [3.05, 3.63) is 36.0 Å². The second kappa shape index (κ2) is 6.18. The highest BCUT2D eigenvalue weighted by Gasteiger charge is 2.11. The third-order valence-corrected chi connectivity index (χ3v) is 3.14. The molecule has 2 rings (SSSR count). The lowest BCUT2D eigenvalue weighted by atomic mass is 10.1. The Hall–Kier alpha value is -2.10. The van der Waals surface area contributed by atoms with Gasteiger partial charge in [0.25, 0.3) is 5.91 Å². The van der Waals surface area contributed by atoms with Gasteiger partial charge >= 0.3 is 0 Å². The first-order chi connectivity index (χ1) is 9.24. The fourth-order valence-electron chi connectivity index (χ4n) is 2.07. The van der Waals surface area contributed by atoms with E-state index in [-0.39, 0.29) is 5.91 Å². The van der Waals surface area contributed by atoms with E-state index in [9.17, 15) is 4.79 Å². The van der Waals surface area contributed by atoms with Crippen LogP contribution >= 0.6 is 0 Å². The van der Waals surface area contributed by atoms with Crippen molar-refractivity contribution in [1.82, 2.24) is 10.3 Å². The molecule has 4 heteroatoms. The van der Waals surface area contributed by atoms with Crippen molar-refractivity contribution in [3.63, 3.8) is 0 Å². The first-order valence-corrected chi connectivity index (χ1v) is 6.65. The summed E-state index contributed by atoms with van der Waals surface area (Å²) in [4.78, 5) is 16.2. The molecule has 1 heterocycles. The van der Waals surface area contributed by atoms with Gasteiger partial charge in [-0.3, -0.25) is 4.79 Å². The Morgan fingerprint density at radius 3 is 2.74 bits per heavy atom. The molecule has 2 aromatic rings. The number of carbonyl (C=O) groups excluding carboxylic acids is 1. The smallest absolute Gasteiger partial charge is 0.253 e. The molecule has 1 aromatic carbocycles. The van der Waals surface area contributed by atoms with Crippen LogP contribution < -0.4 is 11.1 Å². The zero-order valence-corrected chi connectivity index (χ0v) is 11.1. The van der Waals surface area contributed by atoms with Crippen molar-refractivity contribution in [1.29, 1.82) is 0 Å². The van der Waals surface area contributed by atoms with Crippen LogP contribution in [0.15, 0.2) is 30.5 Å². The van der Waals surface area contributed by atoms with Crippen molar-refractivity contribution in [2.75, 3.05) is 12.3 Å². The Bertz CT molecular complexity index is 581. The van der Waals surface area contributed by atoms with Crippen LogP contribution in [0.3, 0.4) is 0 Å². The fraction of sp³-hybridized carbons (Fsp3) is 0.333. The number of pyridine rings is 1. The number of amides is 1. The molecule has 0 bridgehead atoms. The maximum atomic E-state index is 12.1. The lowest BCUT2D eigenvalue weighted by Gasteiger charge is -2.08. The van der Waals surface area contributed by atoms with Crippen molar-refractivity contribution in [2.24, 2.45) is 0 Å². The van der Waals surface area contributed by atoms with Gasteiger partial charge in [0.05, 0.1) is 5.56 Å². The van der Waals surface area contributed by atoms with Gasteiger partial charge in [-0.05, 0) is 11.8 Å². The largest absolute Gasteiger partial charge is 0.383 e. The van der Waals surface area contributed by atoms with Gasteiger partial charge in [-0.2, -0.15) is 0 Å². The molecule has 1 amide bonds. The van der Waals surface area contributed by atoms with Gasteiger partial charge in [0.1, 0.15) is 5.82 Å². The van der Waals surface area contributed by atoms with Gasteiger partial charge in [0.2, 0.25) is 0 Å². The molecule has 0 aliphatic rings. The molecule has 0 fully saturated rings. The Morgan fingerprint density at radius 2 is 2.00 bits per heavy atom. The van der Waals surface area contributed by atoms with E-state index in [4.69, 9.17) is 5.73 Å². The van der Waals surface area contributed by atoms with Gasteiger partial charge in [0, 0.05) is 18.1 Å². The zero-order valence-electron chi connectivity index (χ0n) is 11.1. The molecular weight excluding hydrogens is 238 g/mol. The first-order valence-electron chi connectivity index (χ1n) is 6.65. The van der Waals surface area contributed by atoms with Crippen LogP contribution in [0.4, 0.5) is 5.82 Å². The lowest BCUT2D eigenvalue weighted by Crippen LogP contribution is -2.24. The van der Waals surface area contributed by atoms with Crippen LogP contribution in [0.1, 0.15) is 36.5 Å². The minimum Gasteiger partial charge on any atom is -0.383 e. The van der Waals surface area contributed by atoms with Gasteiger partial charge in [-0.25, -0.2) is 4.98 Å². The van der Waals surface area contributed by atoms with E-state index in [0.29, 0.717) is 17.9 Å². The van der Waals surface area contributed by atoms with Gasteiger partial charge in [0.15, 0.2) is 0 Å². The number of rotatable bonds is 5. The molecule has 4 nitrogen and oxygen atoms in total. The number of aromatic nitrogens is 1. The molecule has 0 aliphatic carbocycles. The van der Waals surface area contributed by atoms with Crippen LogP contribution in [0.5, 0.6) is 0 Å². The number of nitrogens with one attached hydrogen (secondary N) is 1. The number of benzene rings is 1. The number of fused-ring (bicyclic) bond motifs is 1. The summed E-state index contributed by atoms with van der Waals surface area (Å²) in [6, 6.07) is 7.57. The Balaban J connectivity index is 2.20. The molecule has 1 aromatic heterocycles. The van der Waals surface area contributed by atoms with Crippen LogP contribution in [-0.4, -0.2) is 17.4 Å². The van der Waals surface area contributed by atoms with Crippen LogP contribution in [0.2, 0.25) is 0 Å². The average Bonchev–Trinajstić information content (AvgIpc) is 2.44. The highest BCUT2D eigenvalue weighted by Crippen LogP contribution is 2.22. The fourth-order valence-corrected chi connectivity index (χ4v) is 2.07.